The summed E-state index contributed by atoms with van der Waals surface area (Å²) in [5.41, 5.74) is 0.0584. The number of carbonyl (C=O) groups is 2. The summed E-state index contributed by atoms with van der Waals surface area (Å²) in [5.74, 6) is 0.515. The third kappa shape index (κ3) is 3.66. The zero-order chi connectivity index (χ0) is 21.9. The van der Waals surface area contributed by atoms with E-state index in [1.807, 2.05) is 0 Å². The van der Waals surface area contributed by atoms with Crippen molar-refractivity contribution in [3.8, 4) is 0 Å². The van der Waals surface area contributed by atoms with Crippen LogP contribution in [0.25, 0.3) is 0 Å². The number of carbonyl (C=O) groups excluding carboxylic acids is 2. The van der Waals surface area contributed by atoms with Gasteiger partial charge in [0.15, 0.2) is 0 Å². The van der Waals surface area contributed by atoms with E-state index in [0.717, 1.165) is 19.3 Å². The average Bonchev–Trinajstić information content (AvgIpc) is 3.01. The van der Waals surface area contributed by atoms with Crippen LogP contribution in [0.1, 0.15) is 72.1 Å². The molecule has 0 aromatic heterocycles. The molecule has 1 heterocycles. The van der Waals surface area contributed by atoms with E-state index in [1.165, 1.54) is 32.6 Å². The van der Waals surface area contributed by atoms with Crippen molar-refractivity contribution in [2.75, 3.05) is 0 Å². The van der Waals surface area contributed by atoms with Crippen LogP contribution in [-0.4, -0.2) is 30.1 Å². The number of rotatable bonds is 3. The first-order valence-corrected chi connectivity index (χ1v) is 11.3. The zero-order valence-corrected chi connectivity index (χ0v) is 18.1. The van der Waals surface area contributed by atoms with Gasteiger partial charge in [-0.1, -0.05) is 26.3 Å². The van der Waals surface area contributed by atoms with Crippen LogP contribution in [0.3, 0.4) is 0 Å². The van der Waals surface area contributed by atoms with Crippen LogP contribution < -0.4 is 10.6 Å². The Morgan fingerprint density at radius 2 is 1.93 bits per heavy atom. The van der Waals surface area contributed by atoms with Crippen LogP contribution in [0.2, 0.25) is 0 Å². The Labute approximate surface area is 176 Å². The van der Waals surface area contributed by atoms with Crippen molar-refractivity contribution in [3.05, 3.63) is 11.6 Å². The molecule has 2 unspecified atom stereocenters. The molecule has 7 heteroatoms. The number of nitrogens with one attached hydrogen (secondary N) is 2. The normalized spacial score (nSPS) is 41.7. The standard InChI is InChI=1S/C23H33F3N2O2/c1-13(11-23(24,25)26)27-19(29)15-12-22(3)17-8-10-21(2)9-4-5-16(21)14(17)6-7-18(22)28-20(15)30/h12-14,16-18H,4-11H2,1-3H3,(H,27,29)(H,28,30)/t13?,14-,16-,17+,18?,21-,22+/m0/s1. The number of amides is 2. The van der Waals surface area contributed by atoms with E-state index in [-0.39, 0.29) is 17.0 Å². The maximum Gasteiger partial charge on any atom is 0.391 e. The summed E-state index contributed by atoms with van der Waals surface area (Å²) < 4.78 is 37.9. The summed E-state index contributed by atoms with van der Waals surface area (Å²) >= 11 is 0. The van der Waals surface area contributed by atoms with Crippen LogP contribution in [0.4, 0.5) is 13.2 Å². The molecule has 30 heavy (non-hydrogen) atoms. The van der Waals surface area contributed by atoms with Gasteiger partial charge in [-0.05, 0) is 68.6 Å². The van der Waals surface area contributed by atoms with E-state index >= 15 is 0 Å². The first kappa shape index (κ1) is 21.7. The molecule has 0 radical (unpaired) electrons. The summed E-state index contributed by atoms with van der Waals surface area (Å²) in [7, 11) is 0. The van der Waals surface area contributed by atoms with Gasteiger partial charge in [-0.15, -0.1) is 0 Å². The highest BCUT2D eigenvalue weighted by atomic mass is 19.4. The highest BCUT2D eigenvalue weighted by Crippen LogP contribution is 2.63. The molecule has 0 aromatic rings. The maximum absolute atomic E-state index is 12.7. The lowest BCUT2D eigenvalue weighted by atomic mass is 9.48. The van der Waals surface area contributed by atoms with Gasteiger partial charge in [0.1, 0.15) is 5.57 Å². The third-order valence-corrected chi connectivity index (χ3v) is 8.72. The number of fused-ring (bicyclic) bond motifs is 5. The topological polar surface area (TPSA) is 58.2 Å². The first-order valence-electron chi connectivity index (χ1n) is 11.3. The second-order valence-corrected chi connectivity index (χ2v) is 10.7. The Morgan fingerprint density at radius 1 is 1.20 bits per heavy atom. The molecule has 168 valence electrons. The van der Waals surface area contributed by atoms with Gasteiger partial charge in [-0.3, -0.25) is 9.59 Å². The lowest BCUT2D eigenvalue weighted by molar-refractivity contribution is -0.141. The van der Waals surface area contributed by atoms with E-state index < -0.39 is 30.5 Å². The van der Waals surface area contributed by atoms with Gasteiger partial charge in [-0.2, -0.15) is 13.2 Å². The van der Waals surface area contributed by atoms with Gasteiger partial charge in [0.05, 0.1) is 6.42 Å². The van der Waals surface area contributed by atoms with Crippen LogP contribution in [0, 0.1) is 28.6 Å². The monoisotopic (exact) mass is 426 g/mol. The molecule has 1 aliphatic heterocycles. The Bertz CT molecular complexity index is 764. The van der Waals surface area contributed by atoms with E-state index in [1.54, 1.807) is 6.08 Å². The second-order valence-electron chi connectivity index (χ2n) is 10.7. The minimum Gasteiger partial charge on any atom is -0.349 e. The molecule has 0 spiro atoms. The fourth-order valence-electron chi connectivity index (χ4n) is 7.30. The van der Waals surface area contributed by atoms with Crippen molar-refractivity contribution in [2.45, 2.75) is 90.4 Å². The van der Waals surface area contributed by atoms with Crippen molar-refractivity contribution in [3.63, 3.8) is 0 Å². The van der Waals surface area contributed by atoms with E-state index in [4.69, 9.17) is 0 Å². The molecule has 2 amide bonds. The largest absolute Gasteiger partial charge is 0.391 e. The summed E-state index contributed by atoms with van der Waals surface area (Å²) in [6.45, 7) is 5.88. The summed E-state index contributed by atoms with van der Waals surface area (Å²) in [5, 5.41) is 5.40. The average molecular weight is 427 g/mol. The number of hydrogen-bond acceptors (Lipinski definition) is 2. The fraction of sp³-hybridized carbons (Fsp3) is 0.826. The number of alkyl halides is 3. The lowest BCUT2D eigenvalue weighted by Gasteiger charge is -2.58. The zero-order valence-electron chi connectivity index (χ0n) is 18.1. The molecule has 4 rings (SSSR count). The smallest absolute Gasteiger partial charge is 0.349 e. The summed E-state index contributed by atoms with van der Waals surface area (Å²) in [4.78, 5) is 25.3. The van der Waals surface area contributed by atoms with E-state index in [0.29, 0.717) is 23.2 Å². The number of hydrogen-bond donors (Lipinski definition) is 2. The highest BCUT2D eigenvalue weighted by Gasteiger charge is 2.58. The van der Waals surface area contributed by atoms with Gasteiger partial charge in [-0.25, -0.2) is 0 Å². The van der Waals surface area contributed by atoms with Gasteiger partial charge >= 0.3 is 6.18 Å². The third-order valence-electron chi connectivity index (χ3n) is 8.72. The minimum atomic E-state index is -4.36. The quantitative estimate of drug-likeness (QED) is 0.653. The molecule has 3 saturated carbocycles. The number of halogens is 3. The van der Waals surface area contributed by atoms with Gasteiger partial charge in [0.25, 0.3) is 11.8 Å². The van der Waals surface area contributed by atoms with Crippen LogP contribution in [0.15, 0.2) is 11.6 Å². The SMILES string of the molecule is CC(CC(F)(F)F)NC(=O)C1=C[C@@]2(C)C(CC[C@@H]3[C@H]2CC[C@]2(C)CCC[C@@H]32)NC1=O. The van der Waals surface area contributed by atoms with Crippen LogP contribution in [-0.2, 0) is 9.59 Å². The van der Waals surface area contributed by atoms with E-state index in [9.17, 15) is 22.8 Å². The molecule has 4 aliphatic rings. The van der Waals surface area contributed by atoms with Crippen LogP contribution >= 0.6 is 0 Å². The summed E-state index contributed by atoms with van der Waals surface area (Å²) in [6, 6.07) is -1.09. The van der Waals surface area contributed by atoms with Gasteiger partial charge < -0.3 is 10.6 Å². The van der Waals surface area contributed by atoms with Gasteiger partial charge in [0.2, 0.25) is 0 Å². The predicted octanol–water partition coefficient (Wildman–Crippen LogP) is 4.50. The molecule has 3 aliphatic carbocycles. The molecule has 0 saturated heterocycles. The Kier molecular flexibility index (Phi) is 5.25. The molecule has 3 fully saturated rings. The van der Waals surface area contributed by atoms with Crippen molar-refractivity contribution in [1.29, 1.82) is 0 Å². The Balaban J connectivity index is 1.58. The summed E-state index contributed by atoms with van der Waals surface area (Å²) in [6.07, 6.45) is 4.41. The molecule has 4 nitrogen and oxygen atoms in total. The maximum atomic E-state index is 12.7. The molecule has 0 aromatic carbocycles. The van der Waals surface area contributed by atoms with Gasteiger partial charge in [0, 0.05) is 17.5 Å². The lowest BCUT2D eigenvalue weighted by Crippen LogP contribution is -2.60. The Hall–Kier alpha value is -1.53. The highest BCUT2D eigenvalue weighted by molar-refractivity contribution is 6.19. The van der Waals surface area contributed by atoms with Crippen LogP contribution in [0.5, 0.6) is 0 Å². The molecular weight excluding hydrogens is 393 g/mol. The first-order chi connectivity index (χ1) is 13.9. The molecule has 2 N–H and O–H groups in total. The van der Waals surface area contributed by atoms with Crippen molar-refractivity contribution in [1.82, 2.24) is 10.6 Å². The fourth-order valence-corrected chi connectivity index (χ4v) is 7.30. The predicted molar refractivity (Wildman–Crippen MR) is 107 cm³/mol. The van der Waals surface area contributed by atoms with Crippen molar-refractivity contribution >= 4 is 11.8 Å². The molecule has 7 atom stereocenters. The molecule has 0 bridgehead atoms. The van der Waals surface area contributed by atoms with Crippen molar-refractivity contribution in [2.24, 2.45) is 28.6 Å². The Morgan fingerprint density at radius 3 is 2.63 bits per heavy atom. The second kappa shape index (κ2) is 7.27. The van der Waals surface area contributed by atoms with E-state index in [2.05, 4.69) is 24.5 Å². The van der Waals surface area contributed by atoms with Crippen molar-refractivity contribution < 1.29 is 22.8 Å². The minimum absolute atomic E-state index is 0.0128. The molecular formula is C23H33F3N2O2.